The lowest BCUT2D eigenvalue weighted by molar-refractivity contribution is 0.158. The van der Waals surface area contributed by atoms with E-state index < -0.39 is 0 Å². The van der Waals surface area contributed by atoms with E-state index in [1.165, 1.54) is 28.7 Å². The Kier molecular flexibility index (Phi) is 6.77. The molecule has 3 rings (SSSR count). The molecule has 0 fully saturated rings. The van der Waals surface area contributed by atoms with Crippen molar-refractivity contribution < 1.29 is 9.57 Å². The number of benzene rings is 2. The zero-order valence-electron chi connectivity index (χ0n) is 17.8. The Morgan fingerprint density at radius 1 is 1.00 bits per heavy atom. The Hall–Kier alpha value is -2.29. The average molecular weight is 380 g/mol. The van der Waals surface area contributed by atoms with Gasteiger partial charge in [0.25, 0.3) is 0 Å². The standard InChI is InChI=1S/C25H33NO2/c1-5-28-26-24-13-10-21-18-22(11-12-23(21)24)27-17-16-25(3,4)15-14-20-8-6-19(2)7-9-20/h6-9,11-12,18H,5,10,13-17H2,1-4H3/b26-24+. The lowest BCUT2D eigenvalue weighted by Crippen LogP contribution is -2.17. The molecule has 0 aromatic heterocycles. The van der Waals surface area contributed by atoms with Crippen LogP contribution >= 0.6 is 0 Å². The van der Waals surface area contributed by atoms with E-state index in [2.05, 4.69) is 68.4 Å². The van der Waals surface area contributed by atoms with Crippen molar-refractivity contribution >= 4 is 5.71 Å². The predicted molar refractivity (Wildman–Crippen MR) is 116 cm³/mol. The van der Waals surface area contributed by atoms with Gasteiger partial charge in [-0.15, -0.1) is 0 Å². The summed E-state index contributed by atoms with van der Waals surface area (Å²) in [7, 11) is 0. The molecule has 0 amide bonds. The van der Waals surface area contributed by atoms with E-state index in [0.717, 1.165) is 43.8 Å². The number of hydrogen-bond acceptors (Lipinski definition) is 3. The van der Waals surface area contributed by atoms with Gasteiger partial charge in [0, 0.05) is 5.56 Å². The van der Waals surface area contributed by atoms with E-state index in [4.69, 9.17) is 9.57 Å². The number of fused-ring (bicyclic) bond motifs is 1. The van der Waals surface area contributed by atoms with Crippen LogP contribution in [0.15, 0.2) is 47.6 Å². The molecule has 0 N–H and O–H groups in total. The van der Waals surface area contributed by atoms with Gasteiger partial charge in [-0.25, -0.2) is 0 Å². The molecule has 3 heteroatoms. The second kappa shape index (κ2) is 9.27. The molecular formula is C25H33NO2. The van der Waals surface area contributed by atoms with Gasteiger partial charge in [0.1, 0.15) is 12.4 Å². The van der Waals surface area contributed by atoms with Crippen LogP contribution in [0.3, 0.4) is 0 Å². The Labute approximate surface area is 169 Å². The Morgan fingerprint density at radius 3 is 2.54 bits per heavy atom. The molecule has 150 valence electrons. The first-order valence-corrected chi connectivity index (χ1v) is 10.5. The lowest BCUT2D eigenvalue weighted by atomic mass is 9.83. The van der Waals surface area contributed by atoms with Crippen molar-refractivity contribution in [1.82, 2.24) is 0 Å². The Morgan fingerprint density at radius 2 is 1.79 bits per heavy atom. The molecule has 2 aromatic carbocycles. The van der Waals surface area contributed by atoms with Crippen LogP contribution in [0.5, 0.6) is 5.75 Å². The van der Waals surface area contributed by atoms with Crippen LogP contribution in [0, 0.1) is 12.3 Å². The lowest BCUT2D eigenvalue weighted by Gasteiger charge is -2.24. The summed E-state index contributed by atoms with van der Waals surface area (Å²) in [6.07, 6.45) is 5.30. The fourth-order valence-electron chi connectivity index (χ4n) is 3.58. The minimum atomic E-state index is 0.263. The third kappa shape index (κ3) is 5.60. The van der Waals surface area contributed by atoms with Crippen LogP contribution < -0.4 is 4.74 Å². The van der Waals surface area contributed by atoms with Gasteiger partial charge in [0.15, 0.2) is 0 Å². The van der Waals surface area contributed by atoms with Crippen molar-refractivity contribution in [3.8, 4) is 5.75 Å². The smallest absolute Gasteiger partial charge is 0.119 e. The van der Waals surface area contributed by atoms with E-state index in [9.17, 15) is 0 Å². The highest BCUT2D eigenvalue weighted by molar-refractivity contribution is 6.04. The summed E-state index contributed by atoms with van der Waals surface area (Å²) >= 11 is 0. The quantitative estimate of drug-likeness (QED) is 0.492. The highest BCUT2D eigenvalue weighted by Crippen LogP contribution is 2.30. The van der Waals surface area contributed by atoms with Gasteiger partial charge in [-0.1, -0.05) is 48.8 Å². The monoisotopic (exact) mass is 379 g/mol. The molecular weight excluding hydrogens is 346 g/mol. The molecule has 0 atom stereocenters. The maximum absolute atomic E-state index is 6.08. The van der Waals surface area contributed by atoms with Gasteiger partial charge in [0.05, 0.1) is 12.3 Å². The number of rotatable bonds is 9. The van der Waals surface area contributed by atoms with E-state index in [1.54, 1.807) is 0 Å². The molecule has 1 aliphatic rings. The topological polar surface area (TPSA) is 30.8 Å². The summed E-state index contributed by atoms with van der Waals surface area (Å²) in [5, 5.41) is 4.23. The van der Waals surface area contributed by atoms with Crippen LogP contribution in [0.25, 0.3) is 0 Å². The fraction of sp³-hybridized carbons (Fsp3) is 0.480. The average Bonchev–Trinajstić information content (AvgIpc) is 3.08. The largest absolute Gasteiger partial charge is 0.494 e. The van der Waals surface area contributed by atoms with Crippen LogP contribution in [-0.2, 0) is 17.7 Å². The summed E-state index contributed by atoms with van der Waals surface area (Å²) < 4.78 is 6.08. The molecule has 0 aliphatic heterocycles. The number of oxime groups is 1. The summed E-state index contributed by atoms with van der Waals surface area (Å²) in [4.78, 5) is 5.22. The van der Waals surface area contributed by atoms with E-state index in [0.29, 0.717) is 6.61 Å². The van der Waals surface area contributed by atoms with Crippen molar-refractivity contribution in [3.63, 3.8) is 0 Å². The van der Waals surface area contributed by atoms with Crippen LogP contribution in [-0.4, -0.2) is 18.9 Å². The first kappa shape index (κ1) is 20.4. The normalized spacial score (nSPS) is 14.9. The summed E-state index contributed by atoms with van der Waals surface area (Å²) in [6, 6.07) is 15.2. The summed E-state index contributed by atoms with van der Waals surface area (Å²) in [5.41, 5.74) is 6.58. The Balaban J connectivity index is 1.48. The van der Waals surface area contributed by atoms with Gasteiger partial charge in [0.2, 0.25) is 0 Å². The van der Waals surface area contributed by atoms with E-state index in [-0.39, 0.29) is 5.41 Å². The fourth-order valence-corrected chi connectivity index (χ4v) is 3.58. The molecule has 0 unspecified atom stereocenters. The van der Waals surface area contributed by atoms with Crippen LogP contribution in [0.2, 0.25) is 0 Å². The molecule has 0 bridgehead atoms. The zero-order chi connectivity index (χ0) is 20.0. The second-order valence-electron chi connectivity index (χ2n) is 8.52. The first-order chi connectivity index (χ1) is 13.5. The van der Waals surface area contributed by atoms with Gasteiger partial charge in [-0.05, 0) is 80.7 Å². The molecule has 2 aromatic rings. The number of ether oxygens (including phenoxy) is 1. The van der Waals surface area contributed by atoms with E-state index in [1.807, 2.05) is 6.92 Å². The van der Waals surface area contributed by atoms with Gasteiger partial charge in [-0.2, -0.15) is 0 Å². The van der Waals surface area contributed by atoms with Crippen molar-refractivity contribution in [2.75, 3.05) is 13.2 Å². The summed E-state index contributed by atoms with van der Waals surface area (Å²) in [5.74, 6) is 0.964. The zero-order valence-corrected chi connectivity index (χ0v) is 17.8. The third-order valence-corrected chi connectivity index (χ3v) is 5.58. The number of aryl methyl sites for hydroxylation is 3. The molecule has 3 nitrogen and oxygen atoms in total. The molecule has 0 saturated carbocycles. The molecule has 0 heterocycles. The van der Waals surface area contributed by atoms with Crippen molar-refractivity contribution in [3.05, 3.63) is 64.7 Å². The van der Waals surface area contributed by atoms with Crippen LogP contribution in [0.1, 0.15) is 62.3 Å². The highest BCUT2D eigenvalue weighted by Gasteiger charge is 2.20. The SMILES string of the molecule is CCO/N=C1\CCc2cc(OCCC(C)(C)CCc3ccc(C)cc3)ccc21. The minimum absolute atomic E-state index is 0.263. The maximum Gasteiger partial charge on any atom is 0.119 e. The van der Waals surface area contributed by atoms with Gasteiger partial charge in [-0.3, -0.25) is 0 Å². The first-order valence-electron chi connectivity index (χ1n) is 10.5. The predicted octanol–water partition coefficient (Wildman–Crippen LogP) is 6.11. The molecule has 1 aliphatic carbocycles. The third-order valence-electron chi connectivity index (χ3n) is 5.58. The molecule has 28 heavy (non-hydrogen) atoms. The minimum Gasteiger partial charge on any atom is -0.494 e. The molecule has 0 spiro atoms. The number of nitrogens with zero attached hydrogens (tertiary/aromatic N) is 1. The van der Waals surface area contributed by atoms with E-state index >= 15 is 0 Å². The summed E-state index contributed by atoms with van der Waals surface area (Å²) in [6.45, 7) is 10.1. The van der Waals surface area contributed by atoms with Gasteiger partial charge < -0.3 is 9.57 Å². The Bertz CT molecular complexity index is 806. The second-order valence-corrected chi connectivity index (χ2v) is 8.52. The maximum atomic E-state index is 6.08. The molecule has 0 saturated heterocycles. The van der Waals surface area contributed by atoms with Gasteiger partial charge >= 0.3 is 0 Å². The number of hydrogen-bond donors (Lipinski definition) is 0. The van der Waals surface area contributed by atoms with Crippen molar-refractivity contribution in [2.24, 2.45) is 10.6 Å². The highest BCUT2D eigenvalue weighted by atomic mass is 16.6. The van der Waals surface area contributed by atoms with Crippen molar-refractivity contribution in [2.45, 2.75) is 59.8 Å². The molecule has 0 radical (unpaired) electrons. The van der Waals surface area contributed by atoms with Crippen LogP contribution in [0.4, 0.5) is 0 Å². The van der Waals surface area contributed by atoms with Crippen molar-refractivity contribution in [1.29, 1.82) is 0 Å².